The van der Waals surface area contributed by atoms with E-state index < -0.39 is 17.9 Å². The van der Waals surface area contributed by atoms with Crippen LogP contribution in [0.4, 0.5) is 0 Å². The molecule has 0 aliphatic rings. The summed E-state index contributed by atoms with van der Waals surface area (Å²) in [5, 5.41) is 20.7. The van der Waals surface area contributed by atoms with Gasteiger partial charge in [-0.25, -0.2) is 4.79 Å². The Bertz CT molecular complexity index is 431. The third-order valence-electron chi connectivity index (χ3n) is 2.56. The molecule has 0 saturated carbocycles. The maximum atomic E-state index is 11.8. The lowest BCUT2D eigenvalue weighted by Gasteiger charge is -2.14. The third-order valence-corrected chi connectivity index (χ3v) is 2.56. The predicted octanol–water partition coefficient (Wildman–Crippen LogP) is 1.77. The van der Waals surface area contributed by atoms with Crippen molar-refractivity contribution in [1.82, 2.24) is 5.32 Å². The van der Waals surface area contributed by atoms with Crippen molar-refractivity contribution in [3.63, 3.8) is 0 Å². The maximum Gasteiger partial charge on any atom is 0.326 e. The van der Waals surface area contributed by atoms with Crippen LogP contribution < -0.4 is 5.32 Å². The van der Waals surface area contributed by atoms with Gasteiger partial charge in [0.15, 0.2) is 0 Å². The number of phenols is 1. The van der Waals surface area contributed by atoms with Gasteiger partial charge in [0.1, 0.15) is 11.8 Å². The molecule has 0 aromatic heterocycles. The molecule has 98 valence electrons. The summed E-state index contributed by atoms with van der Waals surface area (Å²) < 4.78 is 0. The molecule has 0 bridgehead atoms. The number of amides is 1. The maximum absolute atomic E-state index is 11.8. The molecule has 0 heterocycles. The minimum atomic E-state index is -1.04. The fraction of sp³-hybridized carbons (Fsp3) is 0.385. The highest BCUT2D eigenvalue weighted by Gasteiger charge is 2.19. The second-order valence-corrected chi connectivity index (χ2v) is 4.06. The molecule has 0 fully saturated rings. The number of carboxylic acid groups (broad SMARTS) is 1. The molecule has 1 amide bonds. The Morgan fingerprint density at radius 2 is 2.11 bits per heavy atom. The largest absolute Gasteiger partial charge is 0.508 e. The number of carbonyl (C=O) groups excluding carboxylic acids is 1. The van der Waals surface area contributed by atoms with Crippen molar-refractivity contribution in [2.75, 3.05) is 0 Å². The molecular weight excluding hydrogens is 234 g/mol. The molecule has 18 heavy (non-hydrogen) atoms. The number of carboxylic acids is 1. The van der Waals surface area contributed by atoms with Crippen molar-refractivity contribution < 1.29 is 19.8 Å². The van der Waals surface area contributed by atoms with Gasteiger partial charge in [-0.05, 0) is 24.6 Å². The van der Waals surface area contributed by atoms with Gasteiger partial charge in [0.2, 0.25) is 0 Å². The van der Waals surface area contributed by atoms with Crippen molar-refractivity contribution >= 4 is 11.9 Å². The summed E-state index contributed by atoms with van der Waals surface area (Å²) in [6.45, 7) is 1.95. The fourth-order valence-corrected chi connectivity index (χ4v) is 1.55. The highest BCUT2D eigenvalue weighted by Crippen LogP contribution is 2.11. The summed E-state index contributed by atoms with van der Waals surface area (Å²) in [6.07, 6.45) is 2.00. The van der Waals surface area contributed by atoms with Crippen LogP contribution in [0.1, 0.15) is 36.5 Å². The summed E-state index contributed by atoms with van der Waals surface area (Å²) in [7, 11) is 0. The standard InChI is InChI=1S/C13H17NO4/c1-2-3-7-11(13(17)18)14-12(16)9-5-4-6-10(15)8-9/h4-6,8,11,15H,2-3,7H2,1H3,(H,14,16)(H,17,18). The van der Waals surface area contributed by atoms with Crippen LogP contribution in [0.3, 0.4) is 0 Å². The highest BCUT2D eigenvalue weighted by molar-refractivity contribution is 5.96. The molecule has 0 spiro atoms. The molecule has 0 radical (unpaired) electrons. The first kappa shape index (κ1) is 14.0. The second kappa shape index (κ2) is 6.64. The normalized spacial score (nSPS) is 11.8. The lowest BCUT2D eigenvalue weighted by molar-refractivity contribution is -0.139. The SMILES string of the molecule is CCCCC(NC(=O)c1cccc(O)c1)C(=O)O. The zero-order valence-corrected chi connectivity index (χ0v) is 10.2. The number of phenolic OH excluding ortho intramolecular Hbond substituents is 1. The van der Waals surface area contributed by atoms with E-state index in [-0.39, 0.29) is 11.3 Å². The molecule has 1 atom stereocenters. The summed E-state index contributed by atoms with van der Waals surface area (Å²) in [4.78, 5) is 22.8. The van der Waals surface area contributed by atoms with Gasteiger partial charge in [-0.3, -0.25) is 4.79 Å². The number of nitrogens with one attached hydrogen (secondary N) is 1. The van der Waals surface area contributed by atoms with Crippen LogP contribution in [0.5, 0.6) is 5.75 Å². The van der Waals surface area contributed by atoms with Crippen LogP contribution in [0.25, 0.3) is 0 Å². The Morgan fingerprint density at radius 3 is 2.67 bits per heavy atom. The molecule has 5 nitrogen and oxygen atoms in total. The summed E-state index contributed by atoms with van der Waals surface area (Å²) >= 11 is 0. The first-order chi connectivity index (χ1) is 8.54. The molecule has 1 rings (SSSR count). The summed E-state index contributed by atoms with van der Waals surface area (Å²) in [5.41, 5.74) is 0.248. The van der Waals surface area contributed by atoms with E-state index in [1.165, 1.54) is 24.3 Å². The van der Waals surface area contributed by atoms with Gasteiger partial charge in [-0.15, -0.1) is 0 Å². The topological polar surface area (TPSA) is 86.6 Å². The molecule has 0 aliphatic carbocycles. The zero-order chi connectivity index (χ0) is 13.5. The van der Waals surface area contributed by atoms with Crippen LogP contribution >= 0.6 is 0 Å². The Morgan fingerprint density at radius 1 is 1.39 bits per heavy atom. The van der Waals surface area contributed by atoms with Gasteiger partial charge in [-0.1, -0.05) is 25.8 Å². The van der Waals surface area contributed by atoms with Crippen LogP contribution in [0.15, 0.2) is 24.3 Å². The number of aromatic hydroxyl groups is 1. The predicted molar refractivity (Wildman–Crippen MR) is 66.5 cm³/mol. The lowest BCUT2D eigenvalue weighted by Crippen LogP contribution is -2.40. The van der Waals surface area contributed by atoms with Gasteiger partial charge in [0.05, 0.1) is 0 Å². The van der Waals surface area contributed by atoms with Crippen molar-refractivity contribution in [3.8, 4) is 5.75 Å². The average molecular weight is 251 g/mol. The molecule has 1 unspecified atom stereocenters. The molecular formula is C13H17NO4. The Balaban J connectivity index is 2.69. The van der Waals surface area contributed by atoms with Gasteiger partial charge >= 0.3 is 5.97 Å². The van der Waals surface area contributed by atoms with E-state index in [0.29, 0.717) is 6.42 Å². The van der Waals surface area contributed by atoms with Crippen molar-refractivity contribution in [3.05, 3.63) is 29.8 Å². The number of rotatable bonds is 6. The van der Waals surface area contributed by atoms with Gasteiger partial charge in [0.25, 0.3) is 5.91 Å². The van der Waals surface area contributed by atoms with E-state index in [1.54, 1.807) is 0 Å². The van der Waals surface area contributed by atoms with Crippen molar-refractivity contribution in [1.29, 1.82) is 0 Å². The molecule has 1 aromatic carbocycles. The monoisotopic (exact) mass is 251 g/mol. The van der Waals surface area contributed by atoms with E-state index in [0.717, 1.165) is 12.8 Å². The van der Waals surface area contributed by atoms with Gasteiger partial charge in [-0.2, -0.15) is 0 Å². The second-order valence-electron chi connectivity index (χ2n) is 4.06. The quantitative estimate of drug-likeness (QED) is 0.719. The zero-order valence-electron chi connectivity index (χ0n) is 10.2. The van der Waals surface area contributed by atoms with E-state index >= 15 is 0 Å². The number of hydrogen-bond donors (Lipinski definition) is 3. The fourth-order valence-electron chi connectivity index (χ4n) is 1.55. The highest BCUT2D eigenvalue weighted by atomic mass is 16.4. The van der Waals surface area contributed by atoms with Crippen LogP contribution in [0, 0.1) is 0 Å². The lowest BCUT2D eigenvalue weighted by atomic mass is 10.1. The van der Waals surface area contributed by atoms with Gasteiger partial charge < -0.3 is 15.5 Å². The molecule has 3 N–H and O–H groups in total. The Kier molecular flexibility index (Phi) is 5.17. The Labute approximate surface area is 105 Å². The van der Waals surface area contributed by atoms with E-state index in [2.05, 4.69) is 5.32 Å². The van der Waals surface area contributed by atoms with Crippen molar-refractivity contribution in [2.24, 2.45) is 0 Å². The smallest absolute Gasteiger partial charge is 0.326 e. The third kappa shape index (κ3) is 4.08. The minimum Gasteiger partial charge on any atom is -0.508 e. The number of unbranched alkanes of at least 4 members (excludes halogenated alkanes) is 1. The van der Waals surface area contributed by atoms with Gasteiger partial charge in [0, 0.05) is 5.56 Å². The molecule has 1 aromatic rings. The van der Waals surface area contributed by atoms with E-state index in [1.807, 2.05) is 6.92 Å². The minimum absolute atomic E-state index is 0.0249. The van der Waals surface area contributed by atoms with Crippen LogP contribution in [-0.2, 0) is 4.79 Å². The number of hydrogen-bond acceptors (Lipinski definition) is 3. The summed E-state index contributed by atoms with van der Waals surface area (Å²) in [5.74, 6) is -1.56. The Hall–Kier alpha value is -2.04. The van der Waals surface area contributed by atoms with Crippen molar-refractivity contribution in [2.45, 2.75) is 32.2 Å². The first-order valence-electron chi connectivity index (χ1n) is 5.87. The number of benzene rings is 1. The van der Waals surface area contributed by atoms with E-state index in [4.69, 9.17) is 5.11 Å². The number of carbonyl (C=O) groups is 2. The summed E-state index contributed by atoms with van der Waals surface area (Å²) in [6, 6.07) is 4.91. The number of aliphatic carboxylic acids is 1. The molecule has 0 aliphatic heterocycles. The molecule has 5 heteroatoms. The molecule has 0 saturated heterocycles. The van der Waals surface area contributed by atoms with Crippen LogP contribution in [0.2, 0.25) is 0 Å². The average Bonchev–Trinajstić information content (AvgIpc) is 2.33. The first-order valence-corrected chi connectivity index (χ1v) is 5.87. The van der Waals surface area contributed by atoms with E-state index in [9.17, 15) is 14.7 Å². The van der Waals surface area contributed by atoms with Crippen LogP contribution in [-0.4, -0.2) is 28.1 Å².